The lowest BCUT2D eigenvalue weighted by molar-refractivity contribution is -0.159. The third kappa shape index (κ3) is 37.0. The predicted molar refractivity (Wildman–Crippen MR) is 66.1 cm³/mol. The van der Waals surface area contributed by atoms with Gasteiger partial charge in [0.2, 0.25) is 0 Å². The molecule has 0 rings (SSSR count). The van der Waals surface area contributed by atoms with E-state index in [1.165, 1.54) is 19.7 Å². The average molecular weight is 327 g/mol. The number of thiol groups is 2. The minimum absolute atomic E-state index is 0.771. The fourth-order valence-electron chi connectivity index (χ4n) is 0. The molecule has 0 aromatic carbocycles. The molecule has 8 nitrogen and oxygen atoms in total. The number of carboxylic acids is 2. The number of carbonyl (C=O) groups is 2. The van der Waals surface area contributed by atoms with Gasteiger partial charge in [-0.2, -0.15) is 5.26 Å². The van der Waals surface area contributed by atoms with Crippen LogP contribution < -0.4 is 0 Å². The van der Waals surface area contributed by atoms with Crippen molar-refractivity contribution in [3.05, 3.63) is 0 Å². The van der Waals surface area contributed by atoms with Crippen LogP contribution in [-0.4, -0.2) is 31.9 Å². The van der Waals surface area contributed by atoms with Crippen LogP contribution in [0, 0.1) is 11.1 Å². The Morgan fingerprint density at radius 3 is 1.31 bits per heavy atom. The molecule has 0 spiro atoms. The summed E-state index contributed by atoms with van der Waals surface area (Å²) in [4.78, 5) is 33.4. The van der Waals surface area contributed by atoms with Crippen molar-refractivity contribution >= 4 is 62.5 Å². The zero-order valence-electron chi connectivity index (χ0n) is 7.12. The summed E-state index contributed by atoms with van der Waals surface area (Å²) in [6, 6.07) is 0. The molecule has 4 N–H and O–H groups in total. The highest BCUT2D eigenvalue weighted by Crippen LogP contribution is 2.30. The Morgan fingerprint density at radius 1 is 1.12 bits per heavy atom. The molecular weight excluding hydrogens is 321 g/mol. The van der Waals surface area contributed by atoms with E-state index in [2.05, 4.69) is 23.3 Å². The van der Waals surface area contributed by atoms with E-state index in [1.54, 1.807) is 0 Å². The van der Waals surface area contributed by atoms with Gasteiger partial charge in [0.15, 0.2) is 5.81 Å². The van der Waals surface area contributed by atoms with E-state index in [1.807, 2.05) is 0 Å². The monoisotopic (exact) mass is 327 g/mol. The highest BCUT2D eigenvalue weighted by Gasteiger charge is 2.07. The molecule has 0 aliphatic heterocycles. The maximum Gasteiger partial charge on any atom is 0.426 e. The van der Waals surface area contributed by atoms with Gasteiger partial charge in [0, 0.05) is 0 Å². The van der Waals surface area contributed by atoms with Crippen molar-refractivity contribution in [2.24, 2.45) is 0 Å². The molecule has 0 atom stereocenters. The van der Waals surface area contributed by atoms with Crippen LogP contribution in [0.5, 0.6) is 0 Å². The molecule has 13 heteroatoms. The summed E-state index contributed by atoms with van der Waals surface area (Å²) in [5.74, 6) is -2.88. The lowest BCUT2D eigenvalue weighted by atomic mass is 10.7. The molecule has 0 aromatic rings. The molecule has 0 saturated carbocycles. The standard InChI is InChI=1S/C2H2O4.CH2NO3P.H2S4/c3-1(4)2(5)6;2-1-6(3,4)5;1-3-4-2/h(H,3,4)(H,5,6);(H2,3,4,5);1-2H. The first-order chi connectivity index (χ1) is 7.12. The van der Waals surface area contributed by atoms with Crippen molar-refractivity contribution < 1.29 is 34.2 Å². The SMILES string of the molecule is N#CP(=O)(O)O.O=C(O)C(=O)O.SSSS. The fourth-order valence-corrected chi connectivity index (χ4v) is 0. The second kappa shape index (κ2) is 13.0. The largest absolute Gasteiger partial charge is 0.473 e. The molecule has 94 valence electrons. The second-order valence-corrected chi connectivity index (χ2v) is 6.57. The molecule has 0 bridgehead atoms. The van der Waals surface area contributed by atoms with Gasteiger partial charge < -0.3 is 20.0 Å². The summed E-state index contributed by atoms with van der Waals surface area (Å²) in [6.07, 6.45) is 0. The normalized spacial score (nSPS) is 8.44. The van der Waals surface area contributed by atoms with Crippen LogP contribution in [0.15, 0.2) is 0 Å². The molecule has 0 aliphatic rings. The molecule has 0 radical (unpaired) electrons. The van der Waals surface area contributed by atoms with E-state index in [0.717, 1.165) is 5.81 Å². The maximum absolute atomic E-state index is 9.33. The van der Waals surface area contributed by atoms with E-state index < -0.39 is 19.5 Å². The van der Waals surface area contributed by atoms with Crippen molar-refractivity contribution in [3.8, 4) is 5.81 Å². The topological polar surface area (TPSA) is 156 Å². The lowest BCUT2D eigenvalue weighted by Gasteiger charge is -1.80. The summed E-state index contributed by atoms with van der Waals surface area (Å²) in [5, 5.41) is 22.2. The summed E-state index contributed by atoms with van der Waals surface area (Å²) in [6.45, 7) is 0. The smallest absolute Gasteiger partial charge is 0.426 e. The predicted octanol–water partition coefficient (Wildman–Crippen LogP) is 0.858. The zero-order chi connectivity index (χ0) is 13.8. The maximum atomic E-state index is 9.33. The van der Waals surface area contributed by atoms with E-state index in [0.29, 0.717) is 0 Å². The van der Waals surface area contributed by atoms with Crippen molar-refractivity contribution in [1.82, 2.24) is 0 Å². The number of rotatable bonds is 1. The van der Waals surface area contributed by atoms with Crippen LogP contribution in [0.3, 0.4) is 0 Å². The first-order valence-electron chi connectivity index (χ1n) is 2.67. The summed E-state index contributed by atoms with van der Waals surface area (Å²) >= 11 is 7.45. The summed E-state index contributed by atoms with van der Waals surface area (Å²) in [7, 11) is -1.68. The Morgan fingerprint density at radius 2 is 1.31 bits per heavy atom. The number of hydrogen-bond acceptors (Lipinski definition) is 8. The van der Waals surface area contributed by atoms with Gasteiger partial charge in [-0.25, -0.2) is 14.2 Å². The third-order valence-electron chi connectivity index (χ3n) is 0.347. The van der Waals surface area contributed by atoms with Crippen molar-refractivity contribution in [2.45, 2.75) is 0 Å². The number of nitriles is 1. The van der Waals surface area contributed by atoms with Crippen molar-refractivity contribution in [3.63, 3.8) is 0 Å². The van der Waals surface area contributed by atoms with Gasteiger partial charge >= 0.3 is 19.5 Å². The first kappa shape index (κ1) is 21.3. The third-order valence-corrected chi connectivity index (χ3v) is 3.27. The number of hydrogen-bond donors (Lipinski definition) is 6. The van der Waals surface area contributed by atoms with Crippen LogP contribution in [0.4, 0.5) is 0 Å². The van der Waals surface area contributed by atoms with Crippen LogP contribution in [-0.2, 0) is 14.2 Å². The first-order valence-corrected chi connectivity index (χ1v) is 8.53. The van der Waals surface area contributed by atoms with Gasteiger partial charge in [-0.1, -0.05) is 23.3 Å². The van der Waals surface area contributed by atoms with Gasteiger partial charge in [0.05, 0.1) is 0 Å². The number of nitrogens with zero attached hydrogens (tertiary/aromatic N) is 1. The number of carboxylic acid groups (broad SMARTS) is 2. The molecule has 0 saturated heterocycles. The highest BCUT2D eigenvalue weighted by molar-refractivity contribution is 9.21. The fraction of sp³-hybridized carbons (Fsp3) is 0. The van der Waals surface area contributed by atoms with E-state index >= 15 is 0 Å². The van der Waals surface area contributed by atoms with Crippen LogP contribution in [0.1, 0.15) is 0 Å². The van der Waals surface area contributed by atoms with Crippen LogP contribution >= 0.6 is 50.6 Å². The Hall–Kier alpha value is -0.0200. The van der Waals surface area contributed by atoms with Crippen LogP contribution in [0.25, 0.3) is 0 Å². The van der Waals surface area contributed by atoms with E-state index in [-0.39, 0.29) is 0 Å². The average Bonchev–Trinajstić information content (AvgIpc) is 2.18. The Labute approximate surface area is 108 Å². The Bertz CT molecular complexity index is 282. The zero-order valence-corrected chi connectivity index (χ0v) is 11.4. The molecule has 16 heavy (non-hydrogen) atoms. The molecule has 0 amide bonds. The Kier molecular flexibility index (Phi) is 17.4. The van der Waals surface area contributed by atoms with E-state index in [9.17, 15) is 4.57 Å². The van der Waals surface area contributed by atoms with Crippen molar-refractivity contribution in [2.75, 3.05) is 0 Å². The van der Waals surface area contributed by atoms with Crippen LogP contribution in [0.2, 0.25) is 0 Å². The molecule has 0 aliphatic carbocycles. The van der Waals surface area contributed by atoms with Gasteiger partial charge in [0.25, 0.3) is 0 Å². The lowest BCUT2D eigenvalue weighted by Crippen LogP contribution is -2.09. The quantitative estimate of drug-likeness (QED) is 0.177. The molecule has 0 heterocycles. The minimum Gasteiger partial charge on any atom is -0.473 e. The molecule has 0 fully saturated rings. The van der Waals surface area contributed by atoms with Gasteiger partial charge in [0.1, 0.15) is 0 Å². The Balaban J connectivity index is -0.000000162. The molecular formula is C3H6NO7PS4. The summed E-state index contributed by atoms with van der Waals surface area (Å²) < 4.78 is 9.33. The van der Waals surface area contributed by atoms with Crippen molar-refractivity contribution in [1.29, 1.82) is 5.26 Å². The minimum atomic E-state index is -4.34. The number of aliphatic carboxylic acids is 2. The summed E-state index contributed by atoms with van der Waals surface area (Å²) in [5.41, 5.74) is 0. The molecule has 0 unspecified atom stereocenters. The molecule has 0 aromatic heterocycles. The van der Waals surface area contributed by atoms with E-state index in [4.69, 9.17) is 34.9 Å². The van der Waals surface area contributed by atoms with Gasteiger partial charge in [-0.05, 0) is 19.7 Å². The second-order valence-electron chi connectivity index (χ2n) is 1.40. The van der Waals surface area contributed by atoms with Gasteiger partial charge in [-0.15, -0.1) is 0 Å². The van der Waals surface area contributed by atoms with Gasteiger partial charge in [-0.3, -0.25) is 0 Å². The highest BCUT2D eigenvalue weighted by atomic mass is 33.7.